The zero-order valence-corrected chi connectivity index (χ0v) is 8.70. The van der Waals surface area contributed by atoms with Gasteiger partial charge in [0.15, 0.2) is 0 Å². The van der Waals surface area contributed by atoms with Crippen LogP contribution in [0.3, 0.4) is 0 Å². The van der Waals surface area contributed by atoms with Crippen molar-refractivity contribution in [3.63, 3.8) is 0 Å². The third-order valence-electron chi connectivity index (χ3n) is 1.94. The third kappa shape index (κ3) is 2.82. The van der Waals surface area contributed by atoms with E-state index in [1.54, 1.807) is 0 Å². The summed E-state index contributed by atoms with van der Waals surface area (Å²) < 4.78 is 6.45. The van der Waals surface area contributed by atoms with Crippen molar-refractivity contribution in [3.8, 4) is 0 Å². The summed E-state index contributed by atoms with van der Waals surface area (Å²) in [5.74, 6) is 0.232. The second-order valence-electron chi connectivity index (χ2n) is 3.25. The Balaban J connectivity index is 2.03. The maximum absolute atomic E-state index is 10.4. The fraction of sp³-hybridized carbons (Fsp3) is 0.222. The lowest BCUT2D eigenvalue weighted by molar-refractivity contribution is 0.209. The molecule has 0 aliphatic carbocycles. The second-order valence-corrected chi connectivity index (χ2v) is 3.25. The smallest absolute Gasteiger partial charge is 0.409 e. The Labute approximate surface area is 95.5 Å². The monoisotopic (exact) mass is 238 g/mol. The van der Waals surface area contributed by atoms with Crippen LogP contribution in [0, 0.1) is 0 Å². The number of aliphatic hydroxyl groups excluding tert-OH is 1. The second kappa shape index (κ2) is 4.66. The summed E-state index contributed by atoms with van der Waals surface area (Å²) in [5, 5.41) is 23.4. The number of hydrogen-bond donors (Lipinski definition) is 3. The molecule has 2 aromatic rings. The Kier molecular flexibility index (Phi) is 3.06. The Morgan fingerprint density at radius 2 is 2.41 bits per heavy atom. The summed E-state index contributed by atoms with van der Waals surface area (Å²) in [6.45, 7) is 0.0791. The number of amides is 1. The van der Waals surface area contributed by atoms with Crippen LogP contribution in [-0.2, 0) is 13.2 Å². The van der Waals surface area contributed by atoms with Crippen LogP contribution < -0.4 is 5.32 Å². The molecular formula is C9H10N4O4. The van der Waals surface area contributed by atoms with Crippen molar-refractivity contribution in [2.45, 2.75) is 13.2 Å². The number of hydrogen-bond acceptors (Lipinski definition) is 5. The maximum atomic E-state index is 10.4. The molecule has 0 saturated carbocycles. The molecule has 0 radical (unpaired) electrons. The van der Waals surface area contributed by atoms with Crippen LogP contribution in [0.1, 0.15) is 11.6 Å². The summed E-state index contributed by atoms with van der Waals surface area (Å²) in [6.07, 6.45) is 3.19. The summed E-state index contributed by atoms with van der Waals surface area (Å²) in [6, 6.07) is 0. The van der Waals surface area contributed by atoms with E-state index in [2.05, 4.69) is 15.4 Å². The molecule has 0 atom stereocenters. The highest BCUT2D eigenvalue weighted by Crippen LogP contribution is 2.08. The van der Waals surface area contributed by atoms with E-state index in [0.29, 0.717) is 17.9 Å². The van der Waals surface area contributed by atoms with Gasteiger partial charge in [-0.25, -0.2) is 9.78 Å². The summed E-state index contributed by atoms with van der Waals surface area (Å²) >= 11 is 0. The van der Waals surface area contributed by atoms with Gasteiger partial charge >= 0.3 is 6.09 Å². The van der Waals surface area contributed by atoms with Gasteiger partial charge in [0.1, 0.15) is 18.6 Å². The number of oxazole rings is 1. The zero-order chi connectivity index (χ0) is 12.3. The lowest BCUT2D eigenvalue weighted by atomic mass is 10.5. The van der Waals surface area contributed by atoms with Crippen molar-refractivity contribution in [2.75, 3.05) is 5.32 Å². The quantitative estimate of drug-likeness (QED) is 0.714. The molecule has 0 fully saturated rings. The van der Waals surface area contributed by atoms with Crippen molar-refractivity contribution in [3.05, 3.63) is 30.2 Å². The standard InChI is InChI=1S/C9H10N4O4/c14-4-8-11-7(5-17-8)3-13-2-6(1-10-13)12-9(15)16/h1-2,5,12,14H,3-4H2,(H,15,16). The van der Waals surface area contributed by atoms with Crippen LogP contribution >= 0.6 is 0 Å². The highest BCUT2D eigenvalue weighted by Gasteiger charge is 2.06. The van der Waals surface area contributed by atoms with Gasteiger partial charge in [-0.15, -0.1) is 0 Å². The van der Waals surface area contributed by atoms with E-state index >= 15 is 0 Å². The molecule has 8 nitrogen and oxygen atoms in total. The average molecular weight is 238 g/mol. The molecule has 0 aromatic carbocycles. The van der Waals surface area contributed by atoms with Crippen molar-refractivity contribution >= 4 is 11.8 Å². The molecule has 8 heteroatoms. The van der Waals surface area contributed by atoms with Crippen LogP contribution in [0.2, 0.25) is 0 Å². The molecule has 2 aromatic heterocycles. The summed E-state index contributed by atoms with van der Waals surface area (Å²) in [4.78, 5) is 14.4. The molecule has 0 saturated heterocycles. The zero-order valence-electron chi connectivity index (χ0n) is 8.70. The van der Waals surface area contributed by atoms with E-state index < -0.39 is 6.09 Å². The summed E-state index contributed by atoms with van der Waals surface area (Å²) in [5.41, 5.74) is 0.974. The molecule has 3 N–H and O–H groups in total. The van der Waals surface area contributed by atoms with Gasteiger partial charge in [-0.05, 0) is 0 Å². The molecular weight excluding hydrogens is 228 g/mol. The largest absolute Gasteiger partial charge is 0.465 e. The Morgan fingerprint density at radius 1 is 1.59 bits per heavy atom. The van der Waals surface area contributed by atoms with Gasteiger partial charge in [0.05, 0.1) is 18.4 Å². The van der Waals surface area contributed by atoms with Crippen LogP contribution in [0.15, 0.2) is 23.1 Å². The number of nitrogens with zero attached hydrogens (tertiary/aromatic N) is 3. The Hall–Kier alpha value is -2.35. The first-order chi connectivity index (χ1) is 8.17. The highest BCUT2D eigenvalue weighted by atomic mass is 16.4. The van der Waals surface area contributed by atoms with Gasteiger partial charge in [0.25, 0.3) is 0 Å². The molecule has 17 heavy (non-hydrogen) atoms. The minimum atomic E-state index is -1.14. The van der Waals surface area contributed by atoms with E-state index in [-0.39, 0.29) is 12.5 Å². The first-order valence-corrected chi connectivity index (χ1v) is 4.74. The van der Waals surface area contributed by atoms with Gasteiger partial charge < -0.3 is 14.6 Å². The minimum Gasteiger partial charge on any atom is -0.465 e. The summed E-state index contributed by atoms with van der Waals surface area (Å²) in [7, 11) is 0. The topological polar surface area (TPSA) is 113 Å². The maximum Gasteiger partial charge on any atom is 0.409 e. The third-order valence-corrected chi connectivity index (χ3v) is 1.94. The van der Waals surface area contributed by atoms with Gasteiger partial charge in [0.2, 0.25) is 5.89 Å². The van der Waals surface area contributed by atoms with Gasteiger partial charge in [-0.3, -0.25) is 10.00 Å². The van der Waals surface area contributed by atoms with Crippen LogP contribution in [0.4, 0.5) is 10.5 Å². The van der Waals surface area contributed by atoms with E-state index in [0.717, 1.165) is 0 Å². The van der Waals surface area contributed by atoms with Crippen molar-refractivity contribution in [1.82, 2.24) is 14.8 Å². The van der Waals surface area contributed by atoms with Crippen molar-refractivity contribution < 1.29 is 19.4 Å². The number of carbonyl (C=O) groups is 1. The average Bonchev–Trinajstić information content (AvgIpc) is 2.88. The Morgan fingerprint density at radius 3 is 3.06 bits per heavy atom. The number of aromatic nitrogens is 3. The van der Waals surface area contributed by atoms with Crippen molar-refractivity contribution in [2.24, 2.45) is 0 Å². The molecule has 2 rings (SSSR count). The molecule has 0 unspecified atom stereocenters. The molecule has 0 bridgehead atoms. The number of carboxylic acid groups (broad SMARTS) is 1. The molecule has 1 amide bonds. The fourth-order valence-electron chi connectivity index (χ4n) is 1.30. The van der Waals surface area contributed by atoms with Crippen LogP contribution in [-0.4, -0.2) is 31.1 Å². The van der Waals surface area contributed by atoms with Crippen molar-refractivity contribution in [1.29, 1.82) is 0 Å². The van der Waals surface area contributed by atoms with E-state index in [9.17, 15) is 4.79 Å². The van der Waals surface area contributed by atoms with Crippen LogP contribution in [0.25, 0.3) is 0 Å². The number of nitrogens with one attached hydrogen (secondary N) is 1. The van der Waals surface area contributed by atoms with E-state index in [1.807, 2.05) is 0 Å². The lowest BCUT2D eigenvalue weighted by Gasteiger charge is -1.96. The minimum absolute atomic E-state index is 0.232. The first-order valence-electron chi connectivity index (χ1n) is 4.74. The molecule has 2 heterocycles. The van der Waals surface area contributed by atoms with E-state index in [4.69, 9.17) is 14.6 Å². The van der Waals surface area contributed by atoms with Crippen LogP contribution in [0.5, 0.6) is 0 Å². The number of rotatable bonds is 4. The molecule has 0 spiro atoms. The number of anilines is 1. The SMILES string of the molecule is O=C(O)Nc1cnn(Cc2coc(CO)n2)c1. The molecule has 0 aliphatic heterocycles. The molecule has 90 valence electrons. The predicted molar refractivity (Wildman–Crippen MR) is 55.4 cm³/mol. The number of aliphatic hydroxyl groups is 1. The highest BCUT2D eigenvalue weighted by molar-refractivity contribution is 5.82. The lowest BCUT2D eigenvalue weighted by Crippen LogP contribution is -2.06. The van der Waals surface area contributed by atoms with Gasteiger partial charge in [0, 0.05) is 6.20 Å². The first kappa shape index (κ1) is 11.1. The van der Waals surface area contributed by atoms with Gasteiger partial charge in [-0.2, -0.15) is 5.10 Å². The van der Waals surface area contributed by atoms with Gasteiger partial charge in [-0.1, -0.05) is 0 Å². The Bertz CT molecular complexity index is 519. The fourth-order valence-corrected chi connectivity index (χ4v) is 1.30. The molecule has 0 aliphatic rings. The van der Waals surface area contributed by atoms with E-state index in [1.165, 1.54) is 23.3 Å². The normalized spacial score (nSPS) is 10.4. The predicted octanol–water partition coefficient (Wildman–Crippen LogP) is 0.502.